The summed E-state index contributed by atoms with van der Waals surface area (Å²) >= 11 is 0. The highest BCUT2D eigenvalue weighted by Gasteiger charge is 2.30. The number of hydrogen-bond acceptors (Lipinski definition) is 4. The number of sulfonamides is 1. The molecule has 0 bridgehead atoms. The van der Waals surface area contributed by atoms with E-state index in [1.807, 2.05) is 24.3 Å². The van der Waals surface area contributed by atoms with Gasteiger partial charge in [0.25, 0.3) is 5.91 Å². The smallest absolute Gasteiger partial charge is 0.255 e. The number of hydrogen-bond donors (Lipinski definition) is 2. The Balaban J connectivity index is 1.80. The van der Waals surface area contributed by atoms with E-state index in [1.54, 1.807) is 6.07 Å². The number of benzene rings is 2. The molecule has 28 heavy (non-hydrogen) atoms. The van der Waals surface area contributed by atoms with Crippen molar-refractivity contribution in [3.8, 4) is 5.75 Å². The Morgan fingerprint density at radius 2 is 1.86 bits per heavy atom. The largest absolute Gasteiger partial charge is 0.495 e. The number of rotatable bonds is 8. The van der Waals surface area contributed by atoms with Crippen LogP contribution >= 0.6 is 0 Å². The van der Waals surface area contributed by atoms with E-state index in [2.05, 4.69) is 23.9 Å². The van der Waals surface area contributed by atoms with Crippen LogP contribution in [0.15, 0.2) is 47.4 Å². The molecule has 2 aromatic rings. The Kier molecular flexibility index (Phi) is 6.05. The second kappa shape index (κ2) is 8.32. The van der Waals surface area contributed by atoms with Crippen molar-refractivity contribution in [2.24, 2.45) is 0 Å². The Morgan fingerprint density at radius 1 is 1.18 bits per heavy atom. The minimum absolute atomic E-state index is 0.0262. The van der Waals surface area contributed by atoms with Crippen LogP contribution in [0, 0.1) is 0 Å². The molecule has 1 unspecified atom stereocenters. The molecule has 1 saturated carbocycles. The molecule has 0 saturated heterocycles. The van der Waals surface area contributed by atoms with E-state index in [0.29, 0.717) is 11.6 Å². The van der Waals surface area contributed by atoms with Crippen molar-refractivity contribution in [1.29, 1.82) is 0 Å². The molecule has 0 spiro atoms. The number of carbonyl (C=O) groups is 1. The molecule has 6 nitrogen and oxygen atoms in total. The highest BCUT2D eigenvalue weighted by molar-refractivity contribution is 7.89. The van der Waals surface area contributed by atoms with Gasteiger partial charge in [-0.05, 0) is 61.1 Å². The third-order valence-corrected chi connectivity index (χ3v) is 6.51. The first-order valence-corrected chi connectivity index (χ1v) is 10.9. The van der Waals surface area contributed by atoms with E-state index in [-0.39, 0.29) is 28.2 Å². The number of anilines is 1. The number of ether oxygens (including phenoxy) is 1. The van der Waals surface area contributed by atoms with Gasteiger partial charge in [0.15, 0.2) is 0 Å². The van der Waals surface area contributed by atoms with Gasteiger partial charge in [0.05, 0.1) is 7.11 Å². The highest BCUT2D eigenvalue weighted by Crippen LogP contribution is 2.29. The molecule has 0 aliphatic heterocycles. The van der Waals surface area contributed by atoms with Crippen LogP contribution in [-0.4, -0.2) is 27.5 Å². The fourth-order valence-corrected chi connectivity index (χ4v) is 4.35. The lowest BCUT2D eigenvalue weighted by molar-refractivity contribution is 0.102. The van der Waals surface area contributed by atoms with E-state index in [1.165, 1.54) is 24.8 Å². The van der Waals surface area contributed by atoms with Gasteiger partial charge in [-0.1, -0.05) is 26.0 Å². The van der Waals surface area contributed by atoms with Gasteiger partial charge in [-0.2, -0.15) is 0 Å². The van der Waals surface area contributed by atoms with Crippen molar-refractivity contribution in [3.05, 3.63) is 53.6 Å². The van der Waals surface area contributed by atoms with E-state index in [4.69, 9.17) is 4.74 Å². The van der Waals surface area contributed by atoms with Gasteiger partial charge in [0, 0.05) is 17.3 Å². The van der Waals surface area contributed by atoms with Gasteiger partial charge in [0.1, 0.15) is 10.6 Å². The normalized spacial score (nSPS) is 15.1. The second-order valence-electron chi connectivity index (χ2n) is 7.15. The summed E-state index contributed by atoms with van der Waals surface area (Å²) in [5.74, 6) is 0.294. The van der Waals surface area contributed by atoms with Crippen LogP contribution in [-0.2, 0) is 10.0 Å². The third-order valence-electron chi connectivity index (χ3n) is 4.96. The molecule has 2 N–H and O–H groups in total. The maximum absolute atomic E-state index is 12.6. The molecule has 7 heteroatoms. The van der Waals surface area contributed by atoms with E-state index in [0.717, 1.165) is 19.3 Å². The molecule has 0 radical (unpaired) electrons. The van der Waals surface area contributed by atoms with Crippen LogP contribution in [0.2, 0.25) is 0 Å². The summed E-state index contributed by atoms with van der Waals surface area (Å²) in [6.45, 7) is 4.29. The van der Waals surface area contributed by atoms with Crippen molar-refractivity contribution in [2.75, 3.05) is 12.4 Å². The van der Waals surface area contributed by atoms with Gasteiger partial charge >= 0.3 is 0 Å². The number of nitrogens with one attached hydrogen (secondary N) is 2. The molecule has 150 valence electrons. The van der Waals surface area contributed by atoms with Crippen molar-refractivity contribution in [3.63, 3.8) is 0 Å². The van der Waals surface area contributed by atoms with Gasteiger partial charge in [-0.3, -0.25) is 4.79 Å². The lowest BCUT2D eigenvalue weighted by Crippen LogP contribution is -2.26. The summed E-state index contributed by atoms with van der Waals surface area (Å²) in [6.07, 6.45) is 2.70. The topological polar surface area (TPSA) is 84.5 Å². The molecule has 1 amide bonds. The van der Waals surface area contributed by atoms with Gasteiger partial charge in [-0.25, -0.2) is 13.1 Å². The molecular weight excluding hydrogens is 376 g/mol. The standard InChI is InChI=1S/C21H26N2O4S/c1-4-14(2)15-5-8-17(9-6-15)22-21(24)16-7-12-19(27-3)20(13-16)28(25,26)23-18-10-11-18/h5-9,12-14,18,23H,4,10-11H2,1-3H3,(H,22,24). The molecular formula is C21H26N2O4S. The molecule has 2 aromatic carbocycles. The van der Waals surface area contributed by atoms with Crippen molar-refractivity contribution >= 4 is 21.6 Å². The first kappa shape index (κ1) is 20.4. The van der Waals surface area contributed by atoms with Crippen LogP contribution in [0.1, 0.15) is 54.9 Å². The average molecular weight is 403 g/mol. The summed E-state index contributed by atoms with van der Waals surface area (Å²) < 4.78 is 33.0. The summed E-state index contributed by atoms with van der Waals surface area (Å²) in [4.78, 5) is 12.6. The first-order chi connectivity index (χ1) is 13.3. The first-order valence-electron chi connectivity index (χ1n) is 9.45. The van der Waals surface area contributed by atoms with Crippen LogP contribution in [0.4, 0.5) is 5.69 Å². The zero-order valence-corrected chi connectivity index (χ0v) is 17.2. The van der Waals surface area contributed by atoms with Crippen molar-refractivity contribution in [1.82, 2.24) is 4.72 Å². The summed E-state index contributed by atoms with van der Waals surface area (Å²) in [5, 5.41) is 2.82. The Labute approximate surface area is 166 Å². The Morgan fingerprint density at radius 3 is 2.43 bits per heavy atom. The Hall–Kier alpha value is -2.38. The lowest BCUT2D eigenvalue weighted by atomic mass is 9.98. The third kappa shape index (κ3) is 4.72. The highest BCUT2D eigenvalue weighted by atomic mass is 32.2. The molecule has 1 aliphatic rings. The molecule has 3 rings (SSSR count). The summed E-state index contributed by atoms with van der Waals surface area (Å²) in [5.41, 5.74) is 2.13. The quantitative estimate of drug-likeness (QED) is 0.701. The van der Waals surface area contributed by atoms with Crippen LogP contribution < -0.4 is 14.8 Å². The van der Waals surface area contributed by atoms with Gasteiger partial charge in [-0.15, -0.1) is 0 Å². The number of carbonyl (C=O) groups excluding carboxylic acids is 1. The SMILES string of the molecule is CCC(C)c1ccc(NC(=O)c2ccc(OC)c(S(=O)(=O)NC3CC3)c2)cc1. The molecule has 1 aliphatic carbocycles. The molecule has 1 atom stereocenters. The van der Waals surface area contributed by atoms with E-state index < -0.39 is 10.0 Å². The summed E-state index contributed by atoms with van der Waals surface area (Å²) in [6, 6.07) is 12.1. The maximum Gasteiger partial charge on any atom is 0.255 e. The van der Waals surface area contributed by atoms with Crippen molar-refractivity contribution < 1.29 is 17.9 Å². The van der Waals surface area contributed by atoms with Crippen molar-refractivity contribution in [2.45, 2.75) is 50.0 Å². The molecule has 0 heterocycles. The van der Waals surface area contributed by atoms with Crippen LogP contribution in [0.3, 0.4) is 0 Å². The minimum atomic E-state index is -3.74. The van der Waals surface area contributed by atoms with E-state index in [9.17, 15) is 13.2 Å². The monoisotopic (exact) mass is 402 g/mol. The van der Waals surface area contributed by atoms with Crippen LogP contribution in [0.25, 0.3) is 0 Å². The average Bonchev–Trinajstić information content (AvgIpc) is 3.50. The maximum atomic E-state index is 12.6. The zero-order valence-electron chi connectivity index (χ0n) is 16.4. The fraction of sp³-hybridized carbons (Fsp3) is 0.381. The molecule has 0 aromatic heterocycles. The Bertz CT molecular complexity index is 951. The predicted octanol–water partition coefficient (Wildman–Crippen LogP) is 3.90. The number of methoxy groups -OCH3 is 1. The van der Waals surface area contributed by atoms with Gasteiger partial charge in [0.2, 0.25) is 10.0 Å². The van der Waals surface area contributed by atoms with E-state index >= 15 is 0 Å². The molecule has 1 fully saturated rings. The van der Waals surface area contributed by atoms with Gasteiger partial charge < -0.3 is 10.1 Å². The van der Waals surface area contributed by atoms with Crippen LogP contribution in [0.5, 0.6) is 5.75 Å². The summed E-state index contributed by atoms with van der Waals surface area (Å²) in [7, 11) is -2.33. The fourth-order valence-electron chi connectivity index (χ4n) is 2.85. The lowest BCUT2D eigenvalue weighted by Gasteiger charge is -2.13. The second-order valence-corrected chi connectivity index (χ2v) is 8.83. The predicted molar refractivity (Wildman–Crippen MR) is 109 cm³/mol. The zero-order chi connectivity index (χ0) is 20.3. The minimum Gasteiger partial charge on any atom is -0.495 e. The number of amides is 1.